The number of rotatable bonds is 4. The van der Waals surface area contributed by atoms with Crippen LogP contribution in [-0.2, 0) is 4.74 Å². The number of furan rings is 1. The molecule has 0 aliphatic carbocycles. The summed E-state index contributed by atoms with van der Waals surface area (Å²) in [7, 11) is 0. The Hall–Kier alpha value is -3.19. The highest BCUT2D eigenvalue weighted by Crippen LogP contribution is 2.25. The van der Waals surface area contributed by atoms with Gasteiger partial charge < -0.3 is 19.4 Å². The molecule has 1 aliphatic heterocycles. The van der Waals surface area contributed by atoms with Gasteiger partial charge in [-0.15, -0.1) is 0 Å². The monoisotopic (exact) mass is 350 g/mol. The van der Waals surface area contributed by atoms with Crippen LogP contribution in [0.15, 0.2) is 65.6 Å². The normalized spacial score (nSPS) is 17.1. The topological polar surface area (TPSA) is 80.5 Å². The average molecular weight is 350 g/mol. The van der Waals surface area contributed by atoms with E-state index in [-0.39, 0.29) is 11.9 Å². The van der Waals surface area contributed by atoms with Crippen LogP contribution in [-0.4, -0.2) is 40.5 Å². The lowest BCUT2D eigenvalue weighted by atomic mass is 10.1. The molecule has 7 heteroatoms. The van der Waals surface area contributed by atoms with Crippen LogP contribution in [0.1, 0.15) is 22.2 Å². The molecule has 1 fully saturated rings. The number of carbonyl (C=O) groups excluding carboxylic acids is 1. The molecule has 1 amide bonds. The van der Waals surface area contributed by atoms with Crippen molar-refractivity contribution < 1.29 is 13.9 Å². The molecule has 1 aliphatic rings. The average Bonchev–Trinajstić information content (AvgIpc) is 3.23. The fourth-order valence-corrected chi connectivity index (χ4v) is 2.89. The minimum absolute atomic E-state index is 0.114. The molecule has 0 bridgehead atoms. The van der Waals surface area contributed by atoms with Crippen LogP contribution in [0.3, 0.4) is 0 Å². The first-order valence-electron chi connectivity index (χ1n) is 8.37. The molecule has 1 atom stereocenters. The second-order valence-corrected chi connectivity index (χ2v) is 5.89. The van der Waals surface area contributed by atoms with E-state index in [1.54, 1.807) is 23.2 Å². The summed E-state index contributed by atoms with van der Waals surface area (Å²) in [6.45, 7) is 1.33. The lowest BCUT2D eigenvalue weighted by Crippen LogP contribution is -2.44. The maximum Gasteiger partial charge on any atom is 0.257 e. The lowest BCUT2D eigenvalue weighted by molar-refractivity contribution is -0.00522. The van der Waals surface area contributed by atoms with E-state index >= 15 is 0 Å². The van der Waals surface area contributed by atoms with Gasteiger partial charge in [0.05, 0.1) is 25.0 Å². The third kappa shape index (κ3) is 3.43. The predicted molar refractivity (Wildman–Crippen MR) is 95.1 cm³/mol. The van der Waals surface area contributed by atoms with Gasteiger partial charge in [0.15, 0.2) is 5.82 Å². The van der Waals surface area contributed by atoms with Gasteiger partial charge in [0.25, 0.3) is 5.91 Å². The maximum absolute atomic E-state index is 12.8. The third-order valence-corrected chi connectivity index (χ3v) is 4.18. The highest BCUT2D eigenvalue weighted by atomic mass is 16.5. The van der Waals surface area contributed by atoms with Crippen molar-refractivity contribution in [2.45, 2.75) is 6.04 Å². The van der Waals surface area contributed by atoms with Crippen molar-refractivity contribution in [3.63, 3.8) is 0 Å². The minimum Gasteiger partial charge on any atom is -0.472 e. The molecule has 3 aromatic rings. The number of nitrogens with one attached hydrogen (secondary N) is 1. The molecule has 1 N–H and O–H groups in total. The van der Waals surface area contributed by atoms with Crippen molar-refractivity contribution in [2.24, 2.45) is 0 Å². The number of carbonyl (C=O) groups is 1. The second-order valence-electron chi connectivity index (χ2n) is 5.89. The summed E-state index contributed by atoms with van der Waals surface area (Å²) in [5.41, 5.74) is 1.44. The summed E-state index contributed by atoms with van der Waals surface area (Å²) in [5, 5.41) is 3.24. The number of benzene rings is 1. The molecular weight excluding hydrogens is 332 g/mol. The molecule has 26 heavy (non-hydrogen) atoms. The SMILES string of the molecule is O=C(c1ccoc1)N1CCOC[C@@H]1c1nccc(Nc2ccccc2)n1. The van der Waals surface area contributed by atoms with Gasteiger partial charge in [0, 0.05) is 18.4 Å². The summed E-state index contributed by atoms with van der Waals surface area (Å²) < 4.78 is 10.6. The highest BCUT2D eigenvalue weighted by molar-refractivity contribution is 5.94. The maximum atomic E-state index is 12.8. The van der Waals surface area contributed by atoms with E-state index in [4.69, 9.17) is 9.15 Å². The van der Waals surface area contributed by atoms with Crippen molar-refractivity contribution in [1.29, 1.82) is 0 Å². The zero-order valence-electron chi connectivity index (χ0n) is 14.0. The molecule has 4 rings (SSSR count). The second kappa shape index (κ2) is 7.37. The first-order valence-corrected chi connectivity index (χ1v) is 8.37. The molecule has 132 valence electrons. The third-order valence-electron chi connectivity index (χ3n) is 4.18. The molecule has 3 heterocycles. The zero-order chi connectivity index (χ0) is 17.8. The number of para-hydroxylation sites is 1. The molecule has 2 aromatic heterocycles. The van der Waals surface area contributed by atoms with E-state index < -0.39 is 0 Å². The van der Waals surface area contributed by atoms with Crippen LogP contribution in [0.2, 0.25) is 0 Å². The number of amides is 1. The Balaban J connectivity index is 1.58. The Bertz CT molecular complexity index is 868. The number of nitrogens with zero attached hydrogens (tertiary/aromatic N) is 3. The van der Waals surface area contributed by atoms with Crippen LogP contribution in [0.5, 0.6) is 0 Å². The number of aromatic nitrogens is 2. The molecule has 0 spiro atoms. The number of hydrogen-bond donors (Lipinski definition) is 1. The van der Waals surface area contributed by atoms with Gasteiger partial charge in [-0.1, -0.05) is 18.2 Å². The predicted octanol–water partition coefficient (Wildman–Crippen LogP) is 3.03. The molecule has 0 radical (unpaired) electrons. The number of morpholine rings is 1. The molecular formula is C19H18N4O3. The summed E-state index contributed by atoms with van der Waals surface area (Å²) in [5.74, 6) is 1.10. The molecule has 0 saturated carbocycles. The van der Waals surface area contributed by atoms with Crippen molar-refractivity contribution in [1.82, 2.24) is 14.9 Å². The Kier molecular flexibility index (Phi) is 4.61. The van der Waals surface area contributed by atoms with Gasteiger partial charge in [-0.05, 0) is 24.3 Å². The first-order chi connectivity index (χ1) is 12.8. The fraction of sp³-hybridized carbons (Fsp3) is 0.211. The van der Waals surface area contributed by atoms with Crippen LogP contribution in [0.4, 0.5) is 11.5 Å². The van der Waals surface area contributed by atoms with E-state index in [1.165, 1.54) is 12.5 Å². The van der Waals surface area contributed by atoms with Crippen molar-refractivity contribution in [3.8, 4) is 0 Å². The van der Waals surface area contributed by atoms with Gasteiger partial charge in [0.2, 0.25) is 0 Å². The number of hydrogen-bond acceptors (Lipinski definition) is 6. The van der Waals surface area contributed by atoms with E-state index in [0.717, 1.165) is 5.69 Å². The van der Waals surface area contributed by atoms with E-state index in [2.05, 4.69) is 15.3 Å². The van der Waals surface area contributed by atoms with Gasteiger partial charge in [-0.2, -0.15) is 0 Å². The Labute approximate surface area is 150 Å². The molecule has 0 unspecified atom stereocenters. The van der Waals surface area contributed by atoms with Gasteiger partial charge >= 0.3 is 0 Å². The number of ether oxygens (including phenoxy) is 1. The fourth-order valence-electron chi connectivity index (χ4n) is 2.89. The zero-order valence-corrected chi connectivity index (χ0v) is 14.0. The quantitative estimate of drug-likeness (QED) is 0.779. The van der Waals surface area contributed by atoms with Gasteiger partial charge in [-0.25, -0.2) is 9.97 Å². The van der Waals surface area contributed by atoms with E-state index in [1.807, 2.05) is 30.3 Å². The minimum atomic E-state index is -0.344. The Morgan fingerprint density at radius 2 is 2.08 bits per heavy atom. The van der Waals surface area contributed by atoms with Crippen LogP contribution in [0, 0.1) is 0 Å². The van der Waals surface area contributed by atoms with Crippen LogP contribution in [0.25, 0.3) is 0 Å². The first kappa shape index (κ1) is 16.3. The van der Waals surface area contributed by atoms with Crippen LogP contribution >= 0.6 is 0 Å². The summed E-state index contributed by atoms with van der Waals surface area (Å²) in [6.07, 6.45) is 4.62. The lowest BCUT2D eigenvalue weighted by Gasteiger charge is -2.34. The Morgan fingerprint density at radius 1 is 1.19 bits per heavy atom. The summed E-state index contributed by atoms with van der Waals surface area (Å²) >= 11 is 0. The Morgan fingerprint density at radius 3 is 2.88 bits per heavy atom. The van der Waals surface area contributed by atoms with Gasteiger partial charge in [-0.3, -0.25) is 4.79 Å². The van der Waals surface area contributed by atoms with Crippen LogP contribution < -0.4 is 5.32 Å². The van der Waals surface area contributed by atoms with Crippen molar-refractivity contribution in [3.05, 3.63) is 72.6 Å². The summed E-state index contributed by atoms with van der Waals surface area (Å²) in [6, 6.07) is 12.9. The standard InChI is InChI=1S/C19H18N4O3/c24-19(14-7-10-25-12-14)23-9-11-26-13-16(23)18-20-8-6-17(22-18)21-15-4-2-1-3-5-15/h1-8,10,12,16H,9,11,13H2,(H,20,21,22)/t16-/m1/s1. The molecule has 7 nitrogen and oxygen atoms in total. The largest absolute Gasteiger partial charge is 0.472 e. The van der Waals surface area contributed by atoms with Crippen molar-refractivity contribution in [2.75, 3.05) is 25.1 Å². The summed E-state index contributed by atoms with van der Waals surface area (Å²) in [4.78, 5) is 23.4. The van der Waals surface area contributed by atoms with E-state index in [0.29, 0.717) is 37.0 Å². The van der Waals surface area contributed by atoms with Crippen molar-refractivity contribution >= 4 is 17.4 Å². The molecule has 1 saturated heterocycles. The van der Waals surface area contributed by atoms with E-state index in [9.17, 15) is 4.79 Å². The number of anilines is 2. The molecule has 1 aromatic carbocycles. The smallest absolute Gasteiger partial charge is 0.257 e. The highest BCUT2D eigenvalue weighted by Gasteiger charge is 2.31. The van der Waals surface area contributed by atoms with Gasteiger partial charge in [0.1, 0.15) is 18.1 Å².